The summed E-state index contributed by atoms with van der Waals surface area (Å²) >= 11 is 12.3. The first-order valence-corrected chi connectivity index (χ1v) is 10.3. The summed E-state index contributed by atoms with van der Waals surface area (Å²) in [5.41, 5.74) is 0.791. The lowest BCUT2D eigenvalue weighted by atomic mass is 9.79. The molecule has 0 aliphatic heterocycles. The van der Waals surface area contributed by atoms with Gasteiger partial charge in [-0.3, -0.25) is 9.78 Å². The van der Waals surface area contributed by atoms with Crippen LogP contribution in [0.5, 0.6) is 0 Å². The van der Waals surface area contributed by atoms with Gasteiger partial charge in [-0.15, -0.1) is 0 Å². The molecule has 0 atom stereocenters. The molecule has 8 heteroatoms. The summed E-state index contributed by atoms with van der Waals surface area (Å²) in [7, 11) is 0. The van der Waals surface area contributed by atoms with E-state index >= 15 is 0 Å². The number of hydrogen-bond acceptors (Lipinski definition) is 6. The van der Waals surface area contributed by atoms with Crippen molar-refractivity contribution in [3.63, 3.8) is 0 Å². The fourth-order valence-corrected chi connectivity index (χ4v) is 3.64. The molecule has 0 amide bonds. The van der Waals surface area contributed by atoms with Crippen LogP contribution in [0.2, 0.25) is 10.0 Å². The molecule has 0 N–H and O–H groups in total. The molecule has 162 valence electrons. The maximum Gasteiger partial charge on any atom is 0.378 e. The molecular weight excluding hydrogens is 431 g/mol. The number of unbranched alkanes of at least 4 members (excludes halogenated alkanes) is 2. The Hall–Kier alpha value is -2.12. The number of benzene rings is 2. The van der Waals surface area contributed by atoms with Crippen LogP contribution in [0.3, 0.4) is 0 Å². The van der Waals surface area contributed by atoms with Gasteiger partial charge < -0.3 is 0 Å². The summed E-state index contributed by atoms with van der Waals surface area (Å²) < 4.78 is 0. The van der Waals surface area contributed by atoms with Crippen LogP contribution in [0.15, 0.2) is 42.5 Å². The maximum atomic E-state index is 12.3. The molecule has 6 nitrogen and oxygen atoms in total. The highest BCUT2D eigenvalue weighted by Gasteiger charge is 2.26. The highest BCUT2D eigenvalue weighted by atomic mass is 35.5. The molecule has 2 aromatic carbocycles. The third-order valence-electron chi connectivity index (χ3n) is 4.69. The Morgan fingerprint density at radius 2 is 1.47 bits per heavy atom. The van der Waals surface area contributed by atoms with Crippen LogP contribution < -0.4 is 0 Å². The van der Waals surface area contributed by atoms with Gasteiger partial charge in [0, 0.05) is 10.1 Å². The van der Waals surface area contributed by atoms with Crippen molar-refractivity contribution in [2.75, 3.05) is 0 Å². The molecule has 0 bridgehead atoms. The van der Waals surface area contributed by atoms with Crippen molar-refractivity contribution in [3.05, 3.63) is 69.2 Å². The van der Waals surface area contributed by atoms with Crippen LogP contribution in [0, 0.1) is 0 Å². The lowest BCUT2D eigenvalue weighted by Gasteiger charge is -2.27. The molecule has 30 heavy (non-hydrogen) atoms. The Morgan fingerprint density at radius 1 is 0.867 bits per heavy atom. The minimum atomic E-state index is -0.912. The van der Waals surface area contributed by atoms with E-state index in [1.54, 1.807) is 18.2 Å². The molecule has 0 saturated heterocycles. The standard InChI is InChI=1S/C22H24Cl2O6/c1-4-5-8-14-22(2,3)17-12-9-11-16(19(17)24)21(26)28-30-29-27-20(25)15-10-6-7-13-18(15)23/h6-7,9-13H,4-5,8,14H2,1-3H3. The molecule has 0 aliphatic carbocycles. The van der Waals surface area contributed by atoms with Crippen LogP contribution in [-0.2, 0) is 25.3 Å². The van der Waals surface area contributed by atoms with Crippen molar-refractivity contribution in [3.8, 4) is 0 Å². The normalized spacial score (nSPS) is 11.2. The SMILES string of the molecule is CCCCCC(C)(C)c1cccc(C(=O)OOOOC(=O)c2ccccc2Cl)c1Cl. The number of rotatable bonds is 10. The first kappa shape index (κ1) is 24.2. The molecule has 0 radical (unpaired) electrons. The Bertz CT molecular complexity index is 882. The molecule has 0 spiro atoms. The molecule has 2 rings (SSSR count). The topological polar surface area (TPSA) is 71.1 Å². The zero-order valence-corrected chi connectivity index (χ0v) is 18.6. The molecule has 2 aromatic rings. The Balaban J connectivity index is 1.94. The van der Waals surface area contributed by atoms with E-state index in [9.17, 15) is 9.59 Å². The van der Waals surface area contributed by atoms with E-state index in [1.807, 2.05) is 6.07 Å². The minimum absolute atomic E-state index is 0.0649. The summed E-state index contributed by atoms with van der Waals surface area (Å²) in [6.07, 6.45) is 4.23. The summed E-state index contributed by atoms with van der Waals surface area (Å²) in [5.74, 6) is -1.80. The van der Waals surface area contributed by atoms with Crippen LogP contribution in [-0.4, -0.2) is 11.9 Å². The minimum Gasteiger partial charge on any atom is -0.260 e. The maximum absolute atomic E-state index is 12.3. The van der Waals surface area contributed by atoms with Crippen LogP contribution in [0.1, 0.15) is 72.7 Å². The average Bonchev–Trinajstić information content (AvgIpc) is 2.71. The molecule has 0 aliphatic rings. The summed E-state index contributed by atoms with van der Waals surface area (Å²) in [6, 6.07) is 11.3. The van der Waals surface area contributed by atoms with E-state index in [2.05, 4.69) is 40.6 Å². The monoisotopic (exact) mass is 454 g/mol. The van der Waals surface area contributed by atoms with Gasteiger partial charge in [0.05, 0.1) is 21.2 Å². The van der Waals surface area contributed by atoms with Crippen molar-refractivity contribution >= 4 is 35.1 Å². The predicted octanol–water partition coefficient (Wildman–Crippen LogP) is 6.64. The van der Waals surface area contributed by atoms with Gasteiger partial charge in [-0.1, -0.05) is 87.5 Å². The quantitative estimate of drug-likeness (QED) is 0.227. The van der Waals surface area contributed by atoms with Crippen molar-refractivity contribution < 1.29 is 29.4 Å². The molecule has 0 aromatic heterocycles. The van der Waals surface area contributed by atoms with Crippen LogP contribution in [0.4, 0.5) is 0 Å². The van der Waals surface area contributed by atoms with Gasteiger partial charge in [-0.25, -0.2) is 9.59 Å². The first-order chi connectivity index (χ1) is 14.3. The van der Waals surface area contributed by atoms with Crippen molar-refractivity contribution in [1.82, 2.24) is 0 Å². The van der Waals surface area contributed by atoms with Gasteiger partial charge in [0.25, 0.3) is 0 Å². The Kier molecular flexibility index (Phi) is 9.11. The fraction of sp³-hybridized carbons (Fsp3) is 0.364. The van der Waals surface area contributed by atoms with Gasteiger partial charge in [-0.2, -0.15) is 0 Å². The smallest absolute Gasteiger partial charge is 0.260 e. The summed E-state index contributed by atoms with van der Waals surface area (Å²) in [4.78, 5) is 33.1. The molecular formula is C22H24Cl2O6. The van der Waals surface area contributed by atoms with Gasteiger partial charge in [0.1, 0.15) is 0 Å². The van der Waals surface area contributed by atoms with Gasteiger partial charge in [-0.05, 0) is 35.6 Å². The van der Waals surface area contributed by atoms with E-state index in [4.69, 9.17) is 23.2 Å². The Morgan fingerprint density at radius 3 is 2.10 bits per heavy atom. The lowest BCUT2D eigenvalue weighted by molar-refractivity contribution is -0.595. The number of halogens is 2. The third-order valence-corrected chi connectivity index (χ3v) is 5.43. The third kappa shape index (κ3) is 6.44. The van der Waals surface area contributed by atoms with E-state index in [0.717, 1.165) is 31.2 Å². The second-order valence-corrected chi connectivity index (χ2v) is 8.15. The average molecular weight is 455 g/mol. The van der Waals surface area contributed by atoms with Gasteiger partial charge >= 0.3 is 11.9 Å². The number of hydrogen-bond donors (Lipinski definition) is 0. The van der Waals surface area contributed by atoms with Crippen LogP contribution in [0.25, 0.3) is 0 Å². The second kappa shape index (κ2) is 11.3. The van der Waals surface area contributed by atoms with E-state index < -0.39 is 11.9 Å². The zero-order valence-electron chi connectivity index (χ0n) is 17.1. The number of carbonyl (C=O) groups excluding carboxylic acids is 2. The largest absolute Gasteiger partial charge is 0.378 e. The molecule has 0 fully saturated rings. The van der Waals surface area contributed by atoms with Crippen LogP contribution >= 0.6 is 23.2 Å². The van der Waals surface area contributed by atoms with Crippen molar-refractivity contribution in [1.29, 1.82) is 0 Å². The Labute approximate surface area is 185 Å². The first-order valence-electron chi connectivity index (χ1n) is 9.58. The van der Waals surface area contributed by atoms with Crippen molar-refractivity contribution in [2.24, 2.45) is 0 Å². The summed E-state index contributed by atoms with van der Waals surface area (Å²) in [6.45, 7) is 6.30. The highest BCUT2D eigenvalue weighted by molar-refractivity contribution is 6.34. The van der Waals surface area contributed by atoms with Gasteiger partial charge in [0.15, 0.2) is 0 Å². The summed E-state index contributed by atoms with van der Waals surface area (Å²) in [5, 5.41) is 8.91. The number of carbonyl (C=O) groups is 2. The second-order valence-electron chi connectivity index (χ2n) is 7.37. The zero-order chi connectivity index (χ0) is 22.1. The fourth-order valence-electron chi connectivity index (χ4n) is 2.97. The molecule has 0 unspecified atom stereocenters. The van der Waals surface area contributed by atoms with E-state index in [-0.39, 0.29) is 26.6 Å². The van der Waals surface area contributed by atoms with Gasteiger partial charge in [0.2, 0.25) is 0 Å². The molecule has 0 saturated carbocycles. The molecule has 0 heterocycles. The predicted molar refractivity (Wildman–Crippen MR) is 113 cm³/mol. The highest BCUT2D eigenvalue weighted by Crippen LogP contribution is 2.36. The van der Waals surface area contributed by atoms with E-state index in [0.29, 0.717) is 0 Å². The van der Waals surface area contributed by atoms with Crippen molar-refractivity contribution in [2.45, 2.75) is 51.9 Å². The lowest BCUT2D eigenvalue weighted by Crippen LogP contribution is -2.19. The van der Waals surface area contributed by atoms with E-state index in [1.165, 1.54) is 18.2 Å².